The summed E-state index contributed by atoms with van der Waals surface area (Å²) in [5.74, 6) is 0.903. The Hall–Kier alpha value is -2.40. The van der Waals surface area contributed by atoms with Gasteiger partial charge in [-0.15, -0.1) is 10.2 Å². The van der Waals surface area contributed by atoms with Crippen LogP contribution in [-0.4, -0.2) is 30.4 Å². The molecule has 0 fully saturated rings. The van der Waals surface area contributed by atoms with E-state index >= 15 is 0 Å². The van der Waals surface area contributed by atoms with Crippen molar-refractivity contribution in [3.05, 3.63) is 60.2 Å². The molecule has 0 amide bonds. The zero-order valence-electron chi connectivity index (χ0n) is 13.3. The SMILES string of the molecule is Cc1cccc(OCCN(C)c2nnc(-c3ccccc3)s2)c1. The summed E-state index contributed by atoms with van der Waals surface area (Å²) in [6.45, 7) is 3.43. The van der Waals surface area contributed by atoms with E-state index in [1.165, 1.54) is 5.56 Å². The highest BCUT2D eigenvalue weighted by molar-refractivity contribution is 7.18. The Morgan fingerprint density at radius 2 is 1.87 bits per heavy atom. The second kappa shape index (κ2) is 7.24. The van der Waals surface area contributed by atoms with Crippen LogP contribution in [0.2, 0.25) is 0 Å². The number of nitrogens with zero attached hydrogens (tertiary/aromatic N) is 3. The van der Waals surface area contributed by atoms with Crippen molar-refractivity contribution >= 4 is 16.5 Å². The van der Waals surface area contributed by atoms with E-state index in [4.69, 9.17) is 4.74 Å². The summed E-state index contributed by atoms with van der Waals surface area (Å²) in [4.78, 5) is 2.07. The molecule has 2 aromatic carbocycles. The Balaban J connectivity index is 1.56. The molecule has 0 N–H and O–H groups in total. The highest BCUT2D eigenvalue weighted by atomic mass is 32.1. The van der Waals surface area contributed by atoms with Gasteiger partial charge in [-0.25, -0.2) is 0 Å². The molecule has 23 heavy (non-hydrogen) atoms. The highest BCUT2D eigenvalue weighted by Crippen LogP contribution is 2.27. The van der Waals surface area contributed by atoms with Crippen LogP contribution in [0.5, 0.6) is 5.75 Å². The Kier molecular flexibility index (Phi) is 4.88. The lowest BCUT2D eigenvalue weighted by Crippen LogP contribution is -2.23. The van der Waals surface area contributed by atoms with Crippen LogP contribution in [0.15, 0.2) is 54.6 Å². The number of ether oxygens (including phenoxy) is 1. The smallest absolute Gasteiger partial charge is 0.208 e. The lowest BCUT2D eigenvalue weighted by molar-refractivity contribution is 0.325. The fraction of sp³-hybridized carbons (Fsp3) is 0.222. The van der Waals surface area contributed by atoms with Gasteiger partial charge in [-0.3, -0.25) is 0 Å². The number of rotatable bonds is 6. The van der Waals surface area contributed by atoms with Gasteiger partial charge in [0.05, 0.1) is 6.54 Å². The molecular formula is C18H19N3OS. The van der Waals surface area contributed by atoms with Gasteiger partial charge in [0.25, 0.3) is 0 Å². The van der Waals surface area contributed by atoms with Gasteiger partial charge in [0.15, 0.2) is 0 Å². The average molecular weight is 325 g/mol. The average Bonchev–Trinajstić information content (AvgIpc) is 3.06. The molecular weight excluding hydrogens is 306 g/mol. The van der Waals surface area contributed by atoms with Crippen molar-refractivity contribution in [1.29, 1.82) is 0 Å². The van der Waals surface area contributed by atoms with Gasteiger partial charge in [0.1, 0.15) is 17.4 Å². The Labute approximate surface area is 140 Å². The van der Waals surface area contributed by atoms with Gasteiger partial charge < -0.3 is 9.64 Å². The molecule has 0 radical (unpaired) electrons. The van der Waals surface area contributed by atoms with E-state index in [2.05, 4.69) is 28.1 Å². The summed E-state index contributed by atoms with van der Waals surface area (Å²) < 4.78 is 5.79. The second-order valence-electron chi connectivity index (χ2n) is 5.34. The summed E-state index contributed by atoms with van der Waals surface area (Å²) in [5, 5.41) is 10.4. The first kappa shape index (κ1) is 15.5. The van der Waals surface area contributed by atoms with Crippen LogP contribution in [0.1, 0.15) is 5.56 Å². The number of benzene rings is 2. The largest absolute Gasteiger partial charge is 0.492 e. The van der Waals surface area contributed by atoms with E-state index in [1.54, 1.807) is 11.3 Å². The Morgan fingerprint density at radius 3 is 2.65 bits per heavy atom. The summed E-state index contributed by atoms with van der Waals surface area (Å²) in [6, 6.07) is 18.2. The molecule has 0 aliphatic carbocycles. The maximum absolute atomic E-state index is 5.79. The highest BCUT2D eigenvalue weighted by Gasteiger charge is 2.10. The molecule has 0 atom stereocenters. The first-order valence-corrected chi connectivity index (χ1v) is 8.33. The Bertz CT molecular complexity index is 758. The third-order valence-electron chi connectivity index (χ3n) is 3.45. The van der Waals surface area contributed by atoms with Crippen molar-refractivity contribution in [3.8, 4) is 16.3 Å². The minimum Gasteiger partial charge on any atom is -0.492 e. The molecule has 0 aliphatic heterocycles. The summed E-state index contributed by atoms with van der Waals surface area (Å²) in [6.07, 6.45) is 0. The van der Waals surface area contributed by atoms with Gasteiger partial charge in [0, 0.05) is 12.6 Å². The van der Waals surface area contributed by atoms with Crippen LogP contribution in [0.3, 0.4) is 0 Å². The molecule has 0 aliphatic rings. The minimum absolute atomic E-state index is 0.611. The van der Waals surface area contributed by atoms with E-state index in [0.29, 0.717) is 6.61 Å². The maximum atomic E-state index is 5.79. The third-order valence-corrected chi connectivity index (χ3v) is 4.53. The zero-order chi connectivity index (χ0) is 16.1. The number of aromatic nitrogens is 2. The van der Waals surface area contributed by atoms with Gasteiger partial charge in [0.2, 0.25) is 5.13 Å². The van der Waals surface area contributed by atoms with Crippen molar-refractivity contribution < 1.29 is 4.74 Å². The van der Waals surface area contributed by atoms with Gasteiger partial charge in [-0.1, -0.05) is 53.8 Å². The molecule has 118 valence electrons. The maximum Gasteiger partial charge on any atom is 0.208 e. The van der Waals surface area contributed by atoms with E-state index in [1.807, 2.05) is 55.6 Å². The quantitative estimate of drug-likeness (QED) is 0.686. The number of likely N-dealkylation sites (N-methyl/N-ethyl adjacent to an activating group) is 1. The van der Waals surface area contributed by atoms with Crippen LogP contribution < -0.4 is 9.64 Å². The second-order valence-corrected chi connectivity index (χ2v) is 6.30. The molecule has 0 saturated carbocycles. The van der Waals surface area contributed by atoms with E-state index in [0.717, 1.165) is 28.0 Å². The van der Waals surface area contributed by atoms with Crippen LogP contribution >= 0.6 is 11.3 Å². The van der Waals surface area contributed by atoms with Crippen molar-refractivity contribution in [2.24, 2.45) is 0 Å². The summed E-state index contributed by atoms with van der Waals surface area (Å²) >= 11 is 1.59. The van der Waals surface area contributed by atoms with E-state index in [-0.39, 0.29) is 0 Å². The van der Waals surface area contributed by atoms with Crippen molar-refractivity contribution in [2.75, 3.05) is 25.1 Å². The number of hydrogen-bond donors (Lipinski definition) is 0. The topological polar surface area (TPSA) is 38.2 Å². The fourth-order valence-corrected chi connectivity index (χ4v) is 3.01. The van der Waals surface area contributed by atoms with Crippen LogP contribution in [0.25, 0.3) is 10.6 Å². The molecule has 1 heterocycles. The van der Waals surface area contributed by atoms with Gasteiger partial charge in [-0.2, -0.15) is 0 Å². The van der Waals surface area contributed by atoms with Crippen molar-refractivity contribution in [3.63, 3.8) is 0 Å². The van der Waals surface area contributed by atoms with Crippen molar-refractivity contribution in [2.45, 2.75) is 6.92 Å². The normalized spacial score (nSPS) is 10.5. The monoisotopic (exact) mass is 325 g/mol. The van der Waals surface area contributed by atoms with Crippen molar-refractivity contribution in [1.82, 2.24) is 10.2 Å². The number of anilines is 1. The fourth-order valence-electron chi connectivity index (χ4n) is 2.17. The van der Waals surface area contributed by atoms with Crippen LogP contribution in [0.4, 0.5) is 5.13 Å². The molecule has 0 saturated heterocycles. The molecule has 5 heteroatoms. The number of aryl methyl sites for hydroxylation is 1. The molecule has 3 rings (SSSR count). The molecule has 0 bridgehead atoms. The van der Waals surface area contributed by atoms with Gasteiger partial charge in [-0.05, 0) is 24.6 Å². The molecule has 0 unspecified atom stereocenters. The van der Waals surface area contributed by atoms with Crippen LogP contribution in [0, 0.1) is 6.92 Å². The minimum atomic E-state index is 0.611. The third kappa shape index (κ3) is 4.07. The zero-order valence-corrected chi connectivity index (χ0v) is 14.1. The molecule has 1 aromatic heterocycles. The predicted octanol–water partition coefficient (Wildman–Crippen LogP) is 4.03. The van der Waals surface area contributed by atoms with Gasteiger partial charge >= 0.3 is 0 Å². The summed E-state index contributed by atoms with van der Waals surface area (Å²) in [7, 11) is 2.01. The lowest BCUT2D eigenvalue weighted by Gasteiger charge is -2.15. The predicted molar refractivity (Wildman–Crippen MR) is 95.3 cm³/mol. The summed E-state index contributed by atoms with van der Waals surface area (Å²) in [5.41, 5.74) is 2.30. The molecule has 3 aromatic rings. The van der Waals surface area contributed by atoms with E-state index in [9.17, 15) is 0 Å². The molecule has 4 nitrogen and oxygen atoms in total. The lowest BCUT2D eigenvalue weighted by atomic mass is 10.2. The first-order valence-electron chi connectivity index (χ1n) is 7.52. The van der Waals surface area contributed by atoms with E-state index < -0.39 is 0 Å². The molecule has 0 spiro atoms. The first-order chi connectivity index (χ1) is 11.2. The van der Waals surface area contributed by atoms with Crippen LogP contribution in [-0.2, 0) is 0 Å². The standard InChI is InChI=1S/C18H19N3OS/c1-14-7-6-10-16(13-14)22-12-11-21(2)18-20-19-17(23-18)15-8-4-3-5-9-15/h3-10,13H,11-12H2,1-2H3. The number of hydrogen-bond acceptors (Lipinski definition) is 5. The Morgan fingerprint density at radius 1 is 1.04 bits per heavy atom.